The highest BCUT2D eigenvalue weighted by Crippen LogP contribution is 2.11. The van der Waals surface area contributed by atoms with E-state index in [0.29, 0.717) is 0 Å². The first kappa shape index (κ1) is 13.1. The van der Waals surface area contributed by atoms with Crippen LogP contribution >= 0.6 is 0 Å². The average molecular weight is 261 g/mol. The summed E-state index contributed by atoms with van der Waals surface area (Å²) < 4.78 is 6.28. The summed E-state index contributed by atoms with van der Waals surface area (Å²) in [5.41, 5.74) is 1.71. The van der Waals surface area contributed by atoms with Crippen LogP contribution in [-0.2, 0) is 20.9 Å². The summed E-state index contributed by atoms with van der Waals surface area (Å²) in [6.45, 7) is 1.69. The van der Waals surface area contributed by atoms with Crippen molar-refractivity contribution in [3.05, 3.63) is 30.6 Å². The zero-order chi connectivity index (χ0) is 13.8. The molecule has 0 aliphatic carbocycles. The minimum atomic E-state index is -0.660. The lowest BCUT2D eigenvalue weighted by Gasteiger charge is -2.12. The van der Waals surface area contributed by atoms with Gasteiger partial charge in [0.15, 0.2) is 0 Å². The lowest BCUT2D eigenvalue weighted by atomic mass is 10.3. The van der Waals surface area contributed by atoms with Gasteiger partial charge in [0.05, 0.1) is 24.5 Å². The normalized spacial score (nSPS) is 12.1. The number of para-hydroxylation sites is 2. The number of ether oxygens (including phenoxy) is 1. The van der Waals surface area contributed by atoms with Gasteiger partial charge in [-0.15, -0.1) is 0 Å². The number of carbonyl (C=O) groups is 2. The molecule has 0 bridgehead atoms. The van der Waals surface area contributed by atoms with Gasteiger partial charge >= 0.3 is 5.97 Å². The molecule has 0 spiro atoms. The molecule has 0 aliphatic heterocycles. The molecule has 1 aromatic carbocycles. The Balaban J connectivity index is 2.05. The third-order valence-electron chi connectivity index (χ3n) is 2.77. The topological polar surface area (TPSA) is 73.2 Å². The van der Waals surface area contributed by atoms with Crippen molar-refractivity contribution >= 4 is 22.9 Å². The number of benzene rings is 1. The number of carbonyl (C=O) groups excluding carboxylic acids is 2. The summed E-state index contributed by atoms with van der Waals surface area (Å²) in [5.74, 6) is -0.732. The Kier molecular flexibility index (Phi) is 3.79. The molecule has 6 nitrogen and oxygen atoms in total. The van der Waals surface area contributed by atoms with E-state index in [-0.39, 0.29) is 12.5 Å². The molecule has 0 saturated heterocycles. The lowest BCUT2D eigenvalue weighted by molar-refractivity contribution is -0.144. The van der Waals surface area contributed by atoms with Crippen LogP contribution in [0.4, 0.5) is 0 Å². The number of nitrogens with zero attached hydrogens (tertiary/aromatic N) is 2. The van der Waals surface area contributed by atoms with Crippen molar-refractivity contribution in [2.45, 2.75) is 19.5 Å². The fourth-order valence-corrected chi connectivity index (χ4v) is 1.81. The Labute approximate surface area is 110 Å². The summed E-state index contributed by atoms with van der Waals surface area (Å²) in [4.78, 5) is 27.2. The lowest BCUT2D eigenvalue weighted by Crippen LogP contribution is -2.40. The Morgan fingerprint density at radius 3 is 2.89 bits per heavy atom. The van der Waals surface area contributed by atoms with Crippen molar-refractivity contribution < 1.29 is 14.3 Å². The quantitative estimate of drug-likeness (QED) is 0.823. The van der Waals surface area contributed by atoms with E-state index in [2.05, 4.69) is 15.0 Å². The summed E-state index contributed by atoms with van der Waals surface area (Å²) in [6.07, 6.45) is 1.60. The van der Waals surface area contributed by atoms with Gasteiger partial charge in [0.1, 0.15) is 12.6 Å². The van der Waals surface area contributed by atoms with Gasteiger partial charge in [0, 0.05) is 0 Å². The summed E-state index contributed by atoms with van der Waals surface area (Å²) in [5, 5.41) is 2.57. The second kappa shape index (κ2) is 5.51. The molecule has 0 radical (unpaired) electrons. The first-order valence-electron chi connectivity index (χ1n) is 5.89. The second-order valence-corrected chi connectivity index (χ2v) is 4.17. The standard InChI is InChI=1S/C13H15N3O3/c1-9(13(18)19-2)15-12(17)7-16-8-14-10-5-3-4-6-11(10)16/h3-6,8-9H,7H2,1-2H3,(H,15,17). The monoisotopic (exact) mass is 261 g/mol. The van der Waals surface area contributed by atoms with Crippen molar-refractivity contribution in [1.82, 2.24) is 14.9 Å². The third-order valence-corrected chi connectivity index (χ3v) is 2.77. The third kappa shape index (κ3) is 2.90. The molecule has 2 aromatic rings. The number of fused-ring (bicyclic) bond motifs is 1. The van der Waals surface area contributed by atoms with Crippen LogP contribution in [0, 0.1) is 0 Å². The number of hydrogen-bond acceptors (Lipinski definition) is 4. The van der Waals surface area contributed by atoms with Gasteiger partial charge < -0.3 is 14.6 Å². The Bertz CT molecular complexity index is 606. The predicted molar refractivity (Wildman–Crippen MR) is 69.4 cm³/mol. The molecule has 100 valence electrons. The van der Waals surface area contributed by atoms with Crippen LogP contribution in [0.5, 0.6) is 0 Å². The van der Waals surface area contributed by atoms with E-state index in [0.717, 1.165) is 11.0 Å². The highest BCUT2D eigenvalue weighted by atomic mass is 16.5. The first-order valence-corrected chi connectivity index (χ1v) is 5.89. The second-order valence-electron chi connectivity index (χ2n) is 4.17. The van der Waals surface area contributed by atoms with E-state index in [4.69, 9.17) is 0 Å². The zero-order valence-electron chi connectivity index (χ0n) is 10.8. The van der Waals surface area contributed by atoms with Gasteiger partial charge in [-0.05, 0) is 19.1 Å². The first-order chi connectivity index (χ1) is 9.11. The average Bonchev–Trinajstić information content (AvgIpc) is 2.81. The molecule has 6 heteroatoms. The largest absolute Gasteiger partial charge is 0.467 e. The van der Waals surface area contributed by atoms with Crippen LogP contribution in [0.25, 0.3) is 11.0 Å². The van der Waals surface area contributed by atoms with Crippen LogP contribution in [0.15, 0.2) is 30.6 Å². The van der Waals surface area contributed by atoms with Crippen molar-refractivity contribution in [1.29, 1.82) is 0 Å². The summed E-state index contributed by atoms with van der Waals surface area (Å²) in [6, 6.07) is 6.88. The number of imidazole rings is 1. The maximum Gasteiger partial charge on any atom is 0.328 e. The maximum absolute atomic E-state index is 11.8. The van der Waals surface area contributed by atoms with Gasteiger partial charge in [-0.2, -0.15) is 0 Å². The van der Waals surface area contributed by atoms with Crippen molar-refractivity contribution in [2.24, 2.45) is 0 Å². The number of nitrogens with one attached hydrogen (secondary N) is 1. The molecule has 1 amide bonds. The van der Waals surface area contributed by atoms with Crippen LogP contribution in [0.2, 0.25) is 0 Å². The van der Waals surface area contributed by atoms with Crippen molar-refractivity contribution in [3.63, 3.8) is 0 Å². The fourth-order valence-electron chi connectivity index (χ4n) is 1.81. The number of rotatable bonds is 4. The Morgan fingerprint density at radius 2 is 2.16 bits per heavy atom. The number of aromatic nitrogens is 2. The van der Waals surface area contributed by atoms with E-state index >= 15 is 0 Å². The van der Waals surface area contributed by atoms with Gasteiger partial charge in [-0.3, -0.25) is 4.79 Å². The van der Waals surface area contributed by atoms with E-state index in [1.807, 2.05) is 24.3 Å². The number of methoxy groups -OCH3 is 1. The minimum Gasteiger partial charge on any atom is -0.467 e. The molecule has 1 N–H and O–H groups in total. The number of hydrogen-bond donors (Lipinski definition) is 1. The summed E-state index contributed by atoms with van der Waals surface area (Å²) in [7, 11) is 1.29. The molecule has 0 fully saturated rings. The molecule has 0 saturated carbocycles. The molecule has 1 atom stereocenters. The van der Waals surface area contributed by atoms with Gasteiger partial charge in [-0.25, -0.2) is 9.78 Å². The minimum absolute atomic E-state index is 0.113. The van der Waals surface area contributed by atoms with Crippen molar-refractivity contribution in [2.75, 3.05) is 7.11 Å². The maximum atomic E-state index is 11.8. The zero-order valence-corrected chi connectivity index (χ0v) is 10.8. The van der Waals surface area contributed by atoms with Gasteiger partial charge in [0.2, 0.25) is 5.91 Å². The number of esters is 1. The molecule has 1 unspecified atom stereocenters. The highest BCUT2D eigenvalue weighted by molar-refractivity contribution is 5.85. The van der Waals surface area contributed by atoms with Crippen LogP contribution in [-0.4, -0.2) is 34.6 Å². The summed E-state index contributed by atoms with van der Waals surface area (Å²) >= 11 is 0. The van der Waals surface area contributed by atoms with E-state index in [1.165, 1.54) is 7.11 Å². The Hall–Kier alpha value is -2.37. The van der Waals surface area contributed by atoms with Crippen LogP contribution < -0.4 is 5.32 Å². The van der Waals surface area contributed by atoms with E-state index in [9.17, 15) is 9.59 Å². The van der Waals surface area contributed by atoms with E-state index < -0.39 is 12.0 Å². The molecular weight excluding hydrogens is 246 g/mol. The Morgan fingerprint density at radius 1 is 1.42 bits per heavy atom. The van der Waals surface area contributed by atoms with E-state index in [1.54, 1.807) is 17.8 Å². The SMILES string of the molecule is COC(=O)C(C)NC(=O)Cn1cnc2ccccc21. The van der Waals surface area contributed by atoms with Crippen LogP contribution in [0.3, 0.4) is 0 Å². The van der Waals surface area contributed by atoms with Crippen LogP contribution in [0.1, 0.15) is 6.92 Å². The fraction of sp³-hybridized carbons (Fsp3) is 0.308. The molecule has 0 aliphatic rings. The molecular formula is C13H15N3O3. The molecule has 2 rings (SSSR count). The predicted octanol–water partition coefficient (Wildman–Crippen LogP) is 0.714. The smallest absolute Gasteiger partial charge is 0.328 e. The number of amides is 1. The highest BCUT2D eigenvalue weighted by Gasteiger charge is 2.16. The molecule has 1 aromatic heterocycles. The van der Waals surface area contributed by atoms with Crippen molar-refractivity contribution in [3.8, 4) is 0 Å². The van der Waals surface area contributed by atoms with Gasteiger partial charge in [0.25, 0.3) is 0 Å². The molecule has 1 heterocycles. The van der Waals surface area contributed by atoms with Gasteiger partial charge in [-0.1, -0.05) is 12.1 Å². The molecule has 19 heavy (non-hydrogen) atoms.